The Hall–Kier alpha value is -4.41. The number of aryl methyl sites for hydroxylation is 1. The first-order valence-corrected chi connectivity index (χ1v) is 17.5. The molecule has 0 bridgehead atoms. The minimum Gasteiger partial charge on any atom is -0.444 e. The van der Waals surface area contributed by atoms with E-state index in [1.54, 1.807) is 43.0 Å². The molecule has 1 saturated heterocycles. The Labute approximate surface area is 283 Å². The third-order valence-electron chi connectivity index (χ3n) is 7.45. The Morgan fingerprint density at radius 3 is 2.48 bits per heavy atom. The molecule has 5 rings (SSSR count). The minimum absolute atomic E-state index is 0.103. The van der Waals surface area contributed by atoms with Crippen LogP contribution in [0, 0.1) is 18.6 Å². The molecule has 0 unspecified atom stereocenters. The lowest BCUT2D eigenvalue weighted by molar-refractivity contribution is 0.0240. The monoisotopic (exact) mass is 700 g/mol. The average Bonchev–Trinajstić information content (AvgIpc) is 3.42. The lowest BCUT2D eigenvalue weighted by Crippen LogP contribution is -2.50. The SMILES string of the molecule is CCN(C)S(=O)(=O)Nc1cccc(-c2nc(C)sc2-c2ccnc(Nc3ccc(N4CCN(C(=O)OC(C)(C)C)CC4)c(F)c3)n2)c1F. The molecule has 0 saturated carbocycles. The maximum atomic E-state index is 15.8. The van der Waals surface area contributed by atoms with E-state index in [1.807, 2.05) is 25.7 Å². The molecule has 16 heteroatoms. The average molecular weight is 701 g/mol. The lowest BCUT2D eigenvalue weighted by Gasteiger charge is -2.36. The molecule has 0 spiro atoms. The number of benzene rings is 2. The Balaban J connectivity index is 1.33. The zero-order chi connectivity index (χ0) is 34.8. The Morgan fingerprint density at radius 1 is 1.08 bits per heavy atom. The summed E-state index contributed by atoms with van der Waals surface area (Å²) in [6, 6.07) is 10.8. The molecule has 12 nitrogen and oxygen atoms in total. The van der Waals surface area contributed by atoms with Crippen molar-refractivity contribution in [1.29, 1.82) is 0 Å². The van der Waals surface area contributed by atoms with Crippen molar-refractivity contribution in [2.75, 3.05) is 54.7 Å². The zero-order valence-electron chi connectivity index (χ0n) is 27.5. The van der Waals surface area contributed by atoms with Gasteiger partial charge in [-0.1, -0.05) is 13.0 Å². The van der Waals surface area contributed by atoms with E-state index in [1.165, 1.54) is 42.8 Å². The van der Waals surface area contributed by atoms with Gasteiger partial charge in [-0.15, -0.1) is 11.3 Å². The lowest BCUT2D eigenvalue weighted by atomic mass is 10.1. The topological polar surface area (TPSA) is 133 Å². The number of carbonyl (C=O) groups excluding carboxylic acids is 1. The number of rotatable bonds is 9. The predicted molar refractivity (Wildman–Crippen MR) is 184 cm³/mol. The van der Waals surface area contributed by atoms with E-state index in [4.69, 9.17) is 4.74 Å². The summed E-state index contributed by atoms with van der Waals surface area (Å²) in [5.74, 6) is -1.03. The van der Waals surface area contributed by atoms with E-state index in [0.717, 1.165) is 4.31 Å². The summed E-state index contributed by atoms with van der Waals surface area (Å²) in [6.07, 6.45) is 1.14. The van der Waals surface area contributed by atoms with Gasteiger partial charge in [-0.3, -0.25) is 4.72 Å². The maximum absolute atomic E-state index is 15.8. The molecule has 1 amide bonds. The van der Waals surface area contributed by atoms with Gasteiger partial charge in [0.15, 0.2) is 5.82 Å². The maximum Gasteiger partial charge on any atom is 0.410 e. The van der Waals surface area contributed by atoms with Crippen molar-refractivity contribution in [3.05, 3.63) is 65.3 Å². The number of nitrogens with one attached hydrogen (secondary N) is 2. The largest absolute Gasteiger partial charge is 0.444 e. The van der Waals surface area contributed by atoms with Gasteiger partial charge in [-0.25, -0.2) is 28.5 Å². The number of piperazine rings is 1. The van der Waals surface area contributed by atoms with Crippen LogP contribution in [0.4, 0.5) is 36.6 Å². The molecule has 3 heterocycles. The molecule has 1 aliphatic rings. The van der Waals surface area contributed by atoms with E-state index in [-0.39, 0.29) is 29.8 Å². The minimum atomic E-state index is -3.95. The molecule has 0 radical (unpaired) electrons. The second kappa shape index (κ2) is 14.0. The highest BCUT2D eigenvalue weighted by molar-refractivity contribution is 7.90. The van der Waals surface area contributed by atoms with Gasteiger partial charge >= 0.3 is 16.3 Å². The highest BCUT2D eigenvalue weighted by Gasteiger charge is 2.27. The second-order valence-electron chi connectivity index (χ2n) is 12.1. The van der Waals surface area contributed by atoms with Crippen molar-refractivity contribution in [2.24, 2.45) is 0 Å². The molecule has 0 aliphatic carbocycles. The molecule has 2 aromatic heterocycles. The third-order valence-corrected chi connectivity index (χ3v) is 10.00. The number of hydrogen-bond acceptors (Lipinski definition) is 10. The van der Waals surface area contributed by atoms with Crippen LogP contribution in [0.5, 0.6) is 0 Å². The summed E-state index contributed by atoms with van der Waals surface area (Å²) in [6.45, 7) is 10.8. The molecule has 256 valence electrons. The van der Waals surface area contributed by atoms with Gasteiger partial charge in [0.1, 0.15) is 11.4 Å². The first-order valence-electron chi connectivity index (χ1n) is 15.3. The zero-order valence-corrected chi connectivity index (χ0v) is 29.2. The van der Waals surface area contributed by atoms with Crippen molar-refractivity contribution in [2.45, 2.75) is 40.2 Å². The number of aromatic nitrogens is 3. The van der Waals surface area contributed by atoms with Gasteiger partial charge in [0.25, 0.3) is 0 Å². The third kappa shape index (κ3) is 7.99. The molecule has 1 aliphatic heterocycles. The number of amides is 1. The van der Waals surface area contributed by atoms with E-state index < -0.39 is 27.4 Å². The smallest absolute Gasteiger partial charge is 0.410 e. The van der Waals surface area contributed by atoms with E-state index in [2.05, 4.69) is 25.0 Å². The molecule has 4 aromatic rings. The van der Waals surface area contributed by atoms with E-state index in [9.17, 15) is 13.2 Å². The number of carbonyl (C=O) groups is 1. The van der Waals surface area contributed by atoms with Crippen LogP contribution in [0.25, 0.3) is 21.8 Å². The van der Waals surface area contributed by atoms with Crippen molar-refractivity contribution in [1.82, 2.24) is 24.2 Å². The number of ether oxygens (including phenoxy) is 1. The fourth-order valence-corrected chi connectivity index (χ4v) is 6.77. The number of thiazole rings is 1. The fraction of sp³-hybridized carbons (Fsp3) is 0.375. The van der Waals surface area contributed by atoms with Crippen LogP contribution in [0.2, 0.25) is 0 Å². The summed E-state index contributed by atoms with van der Waals surface area (Å²) in [7, 11) is -2.56. The first kappa shape index (κ1) is 34.9. The van der Waals surface area contributed by atoms with Crippen molar-refractivity contribution >= 4 is 50.6 Å². The summed E-state index contributed by atoms with van der Waals surface area (Å²) in [5, 5.41) is 3.68. The van der Waals surface area contributed by atoms with Crippen LogP contribution in [0.1, 0.15) is 32.7 Å². The van der Waals surface area contributed by atoms with Gasteiger partial charge in [0, 0.05) is 57.2 Å². The van der Waals surface area contributed by atoms with E-state index >= 15 is 8.78 Å². The van der Waals surface area contributed by atoms with Crippen LogP contribution in [0.15, 0.2) is 48.7 Å². The van der Waals surface area contributed by atoms with Crippen LogP contribution in [0.3, 0.4) is 0 Å². The summed E-state index contributed by atoms with van der Waals surface area (Å²) in [5.41, 5.74) is 0.891. The number of halogens is 2. The molecular weight excluding hydrogens is 663 g/mol. The standard InChI is InChI=1S/C32H38F2N8O4S2/c1-7-40(6)48(44,45)39-24-10-8-9-22(27(24)34)28-29(47-20(2)36-28)25-13-14-35-30(38-25)37-21-11-12-26(23(33)19-21)41-15-17-42(18-16-41)31(43)46-32(3,4)5/h8-14,19,39H,7,15-18H2,1-6H3,(H,35,37,38). The van der Waals surface area contributed by atoms with E-state index in [0.29, 0.717) is 58.8 Å². The molecule has 0 atom stereocenters. The van der Waals surface area contributed by atoms with Crippen LogP contribution in [-0.4, -0.2) is 84.0 Å². The number of nitrogens with zero attached hydrogens (tertiary/aromatic N) is 6. The highest BCUT2D eigenvalue weighted by Crippen LogP contribution is 2.39. The first-order chi connectivity index (χ1) is 22.6. The summed E-state index contributed by atoms with van der Waals surface area (Å²) >= 11 is 1.30. The van der Waals surface area contributed by atoms with Crippen LogP contribution >= 0.6 is 11.3 Å². The van der Waals surface area contributed by atoms with Crippen LogP contribution in [-0.2, 0) is 14.9 Å². The molecule has 2 N–H and O–H groups in total. The van der Waals surface area contributed by atoms with Gasteiger partial charge in [0.2, 0.25) is 5.95 Å². The van der Waals surface area contributed by atoms with Gasteiger partial charge in [-0.05, 0) is 64.1 Å². The van der Waals surface area contributed by atoms with Gasteiger partial charge in [-0.2, -0.15) is 12.7 Å². The van der Waals surface area contributed by atoms with Gasteiger partial charge in [0.05, 0.1) is 32.6 Å². The fourth-order valence-electron chi connectivity index (χ4n) is 4.94. The van der Waals surface area contributed by atoms with Crippen LogP contribution < -0.4 is 14.9 Å². The molecule has 2 aromatic carbocycles. The summed E-state index contributed by atoms with van der Waals surface area (Å²) < 4.78 is 65.0. The Bertz CT molecular complexity index is 1910. The molecular formula is C32H38F2N8O4S2. The van der Waals surface area contributed by atoms with Crippen molar-refractivity contribution in [3.8, 4) is 21.8 Å². The molecule has 1 fully saturated rings. The predicted octanol–water partition coefficient (Wildman–Crippen LogP) is 6.26. The normalized spacial score (nSPS) is 13.9. The van der Waals surface area contributed by atoms with Gasteiger partial charge < -0.3 is 19.9 Å². The summed E-state index contributed by atoms with van der Waals surface area (Å²) in [4.78, 5) is 29.9. The second-order valence-corrected chi connectivity index (χ2v) is 15.1. The Kier molecular flexibility index (Phi) is 10.2. The highest BCUT2D eigenvalue weighted by atomic mass is 32.2. The molecule has 48 heavy (non-hydrogen) atoms. The number of hydrogen-bond donors (Lipinski definition) is 2. The quantitative estimate of drug-likeness (QED) is 0.208. The number of anilines is 4. The Morgan fingerprint density at radius 2 is 1.81 bits per heavy atom. The van der Waals surface area contributed by atoms with Crippen molar-refractivity contribution in [3.63, 3.8) is 0 Å². The van der Waals surface area contributed by atoms with Crippen molar-refractivity contribution < 1.29 is 26.7 Å².